The van der Waals surface area contributed by atoms with Crippen molar-refractivity contribution in [2.75, 3.05) is 6.54 Å². The van der Waals surface area contributed by atoms with Crippen molar-refractivity contribution in [1.29, 1.82) is 0 Å². The first kappa shape index (κ1) is 14.3. The number of aliphatic hydroxyl groups is 1. The zero-order valence-corrected chi connectivity index (χ0v) is 11.7. The Bertz CT molecular complexity index is 534. The summed E-state index contributed by atoms with van der Waals surface area (Å²) in [4.78, 5) is 3.95. The maximum atomic E-state index is 10.1. The minimum Gasteiger partial charge on any atom is -0.387 e. The molecule has 100 valence electrons. The summed E-state index contributed by atoms with van der Waals surface area (Å²) in [6.07, 6.45) is 2.79. The molecule has 2 rings (SSSR count). The van der Waals surface area contributed by atoms with E-state index in [4.69, 9.17) is 23.2 Å². The molecular formula is C14H14Cl2N2O. The van der Waals surface area contributed by atoms with Gasteiger partial charge in [0, 0.05) is 41.1 Å². The molecule has 1 aromatic carbocycles. The van der Waals surface area contributed by atoms with Crippen molar-refractivity contribution in [3.05, 3.63) is 63.9 Å². The molecule has 1 aromatic heterocycles. The van der Waals surface area contributed by atoms with Crippen molar-refractivity contribution in [3.63, 3.8) is 0 Å². The van der Waals surface area contributed by atoms with Gasteiger partial charge in [0.2, 0.25) is 0 Å². The van der Waals surface area contributed by atoms with Crippen LogP contribution in [-0.2, 0) is 6.54 Å². The second-order valence-corrected chi connectivity index (χ2v) is 5.01. The first-order valence-corrected chi connectivity index (χ1v) is 6.65. The Morgan fingerprint density at radius 3 is 2.63 bits per heavy atom. The van der Waals surface area contributed by atoms with Crippen LogP contribution in [0.3, 0.4) is 0 Å². The quantitative estimate of drug-likeness (QED) is 0.890. The van der Waals surface area contributed by atoms with Gasteiger partial charge in [0.05, 0.1) is 6.10 Å². The molecule has 0 aliphatic rings. The fourth-order valence-corrected chi connectivity index (χ4v) is 2.16. The Balaban J connectivity index is 1.91. The first-order valence-electron chi connectivity index (χ1n) is 5.89. The van der Waals surface area contributed by atoms with E-state index in [1.165, 1.54) is 0 Å². The molecule has 5 heteroatoms. The van der Waals surface area contributed by atoms with Crippen LogP contribution in [0.25, 0.3) is 0 Å². The van der Waals surface area contributed by atoms with Gasteiger partial charge >= 0.3 is 0 Å². The average Bonchev–Trinajstić information content (AvgIpc) is 2.42. The largest absolute Gasteiger partial charge is 0.387 e. The molecule has 1 atom stereocenters. The van der Waals surface area contributed by atoms with E-state index in [2.05, 4.69) is 10.3 Å². The van der Waals surface area contributed by atoms with Gasteiger partial charge in [-0.25, -0.2) is 0 Å². The lowest BCUT2D eigenvalue weighted by Gasteiger charge is -2.14. The number of halogens is 2. The van der Waals surface area contributed by atoms with E-state index in [1.807, 2.05) is 12.1 Å². The van der Waals surface area contributed by atoms with Crippen LogP contribution in [0.2, 0.25) is 10.0 Å². The smallest absolute Gasteiger partial charge is 0.0929 e. The fourth-order valence-electron chi connectivity index (χ4n) is 1.73. The molecule has 0 amide bonds. The van der Waals surface area contributed by atoms with Crippen molar-refractivity contribution >= 4 is 23.2 Å². The Labute approximate surface area is 122 Å². The third kappa shape index (κ3) is 4.18. The van der Waals surface area contributed by atoms with Crippen LogP contribution in [0.5, 0.6) is 0 Å². The van der Waals surface area contributed by atoms with Gasteiger partial charge in [0.15, 0.2) is 0 Å². The van der Waals surface area contributed by atoms with Crippen molar-refractivity contribution in [2.24, 2.45) is 0 Å². The number of hydrogen-bond acceptors (Lipinski definition) is 3. The molecule has 19 heavy (non-hydrogen) atoms. The molecule has 1 unspecified atom stereocenters. The predicted molar refractivity (Wildman–Crippen MR) is 77.4 cm³/mol. The molecular weight excluding hydrogens is 283 g/mol. The normalized spacial score (nSPS) is 12.4. The van der Waals surface area contributed by atoms with Crippen LogP contribution < -0.4 is 5.32 Å². The first-order chi connectivity index (χ1) is 9.16. The summed E-state index contributed by atoms with van der Waals surface area (Å²) in [6.45, 7) is 1.07. The number of benzene rings is 1. The molecule has 2 aromatic rings. The highest BCUT2D eigenvalue weighted by Gasteiger charge is 2.11. The molecule has 0 saturated heterocycles. The molecule has 1 heterocycles. The Morgan fingerprint density at radius 2 is 1.89 bits per heavy atom. The molecule has 0 aliphatic heterocycles. The highest BCUT2D eigenvalue weighted by molar-refractivity contribution is 6.33. The lowest BCUT2D eigenvalue weighted by Crippen LogP contribution is -2.21. The van der Waals surface area contributed by atoms with Crippen LogP contribution >= 0.6 is 23.2 Å². The number of pyridine rings is 1. The SMILES string of the molecule is OC(CNCc1ccncc1)c1cc(Cl)ccc1Cl. The van der Waals surface area contributed by atoms with Gasteiger partial charge in [-0.3, -0.25) is 4.98 Å². The number of nitrogens with zero attached hydrogens (tertiary/aromatic N) is 1. The van der Waals surface area contributed by atoms with E-state index < -0.39 is 6.10 Å². The lowest BCUT2D eigenvalue weighted by molar-refractivity contribution is 0.174. The summed E-state index contributed by atoms with van der Waals surface area (Å²) in [7, 11) is 0. The maximum absolute atomic E-state index is 10.1. The van der Waals surface area contributed by atoms with Crippen LogP contribution in [0.15, 0.2) is 42.7 Å². The number of nitrogens with one attached hydrogen (secondary N) is 1. The highest BCUT2D eigenvalue weighted by Crippen LogP contribution is 2.25. The van der Waals surface area contributed by atoms with Gasteiger partial charge in [-0.05, 0) is 35.9 Å². The minimum atomic E-state index is -0.687. The van der Waals surface area contributed by atoms with E-state index >= 15 is 0 Å². The summed E-state index contributed by atoms with van der Waals surface area (Å²) >= 11 is 11.9. The molecule has 3 nitrogen and oxygen atoms in total. The van der Waals surface area contributed by atoms with Crippen LogP contribution in [-0.4, -0.2) is 16.6 Å². The van der Waals surface area contributed by atoms with E-state index in [1.54, 1.807) is 30.6 Å². The lowest BCUT2D eigenvalue weighted by atomic mass is 10.1. The fraction of sp³-hybridized carbons (Fsp3) is 0.214. The van der Waals surface area contributed by atoms with Crippen LogP contribution in [0, 0.1) is 0 Å². The third-order valence-corrected chi connectivity index (χ3v) is 3.31. The zero-order chi connectivity index (χ0) is 13.7. The van der Waals surface area contributed by atoms with E-state index in [-0.39, 0.29) is 0 Å². The number of aromatic nitrogens is 1. The van der Waals surface area contributed by atoms with Crippen molar-refractivity contribution < 1.29 is 5.11 Å². The number of hydrogen-bond donors (Lipinski definition) is 2. The Hall–Kier alpha value is -1.13. The zero-order valence-electron chi connectivity index (χ0n) is 10.2. The predicted octanol–water partition coefficient (Wildman–Crippen LogP) is 3.21. The van der Waals surface area contributed by atoms with E-state index in [0.717, 1.165) is 5.56 Å². The summed E-state index contributed by atoms with van der Waals surface area (Å²) in [5.41, 5.74) is 1.75. The van der Waals surface area contributed by atoms with E-state index in [9.17, 15) is 5.11 Å². The van der Waals surface area contributed by atoms with Gasteiger partial charge in [0.25, 0.3) is 0 Å². The van der Waals surface area contributed by atoms with Gasteiger partial charge in [-0.1, -0.05) is 23.2 Å². The summed E-state index contributed by atoms with van der Waals surface area (Å²) in [5.74, 6) is 0. The van der Waals surface area contributed by atoms with Crippen LogP contribution in [0.1, 0.15) is 17.2 Å². The molecule has 0 spiro atoms. The second-order valence-electron chi connectivity index (χ2n) is 4.17. The molecule has 0 radical (unpaired) electrons. The minimum absolute atomic E-state index is 0.405. The van der Waals surface area contributed by atoms with E-state index in [0.29, 0.717) is 28.7 Å². The third-order valence-electron chi connectivity index (χ3n) is 2.73. The number of aliphatic hydroxyl groups excluding tert-OH is 1. The number of rotatable bonds is 5. The monoisotopic (exact) mass is 296 g/mol. The summed E-state index contributed by atoms with van der Waals surface area (Å²) in [5, 5.41) is 14.3. The topological polar surface area (TPSA) is 45.1 Å². The standard InChI is InChI=1S/C14H14Cl2N2O/c15-11-1-2-13(16)12(7-11)14(19)9-18-8-10-3-5-17-6-4-10/h1-7,14,18-19H,8-9H2. The highest BCUT2D eigenvalue weighted by atomic mass is 35.5. The molecule has 0 fully saturated rings. The van der Waals surface area contributed by atoms with Crippen molar-refractivity contribution in [2.45, 2.75) is 12.6 Å². The average molecular weight is 297 g/mol. The van der Waals surface area contributed by atoms with Crippen LogP contribution in [0.4, 0.5) is 0 Å². The van der Waals surface area contributed by atoms with Gasteiger partial charge in [0.1, 0.15) is 0 Å². The van der Waals surface area contributed by atoms with Crippen molar-refractivity contribution in [3.8, 4) is 0 Å². The molecule has 0 bridgehead atoms. The Morgan fingerprint density at radius 1 is 1.16 bits per heavy atom. The van der Waals surface area contributed by atoms with Gasteiger partial charge in [-0.15, -0.1) is 0 Å². The Kier molecular flexibility index (Phi) is 5.16. The summed E-state index contributed by atoms with van der Waals surface area (Å²) < 4.78 is 0. The second kappa shape index (κ2) is 6.87. The molecule has 2 N–H and O–H groups in total. The van der Waals surface area contributed by atoms with Gasteiger partial charge < -0.3 is 10.4 Å². The molecule has 0 aliphatic carbocycles. The summed E-state index contributed by atoms with van der Waals surface area (Å²) in [6, 6.07) is 8.91. The van der Waals surface area contributed by atoms with Gasteiger partial charge in [-0.2, -0.15) is 0 Å². The van der Waals surface area contributed by atoms with Crippen molar-refractivity contribution in [1.82, 2.24) is 10.3 Å². The maximum Gasteiger partial charge on any atom is 0.0929 e. The molecule has 0 saturated carbocycles.